The number of methoxy groups -OCH3 is 2. The highest BCUT2D eigenvalue weighted by molar-refractivity contribution is 7.99. The summed E-state index contributed by atoms with van der Waals surface area (Å²) in [6.45, 7) is 0.0400. The summed E-state index contributed by atoms with van der Waals surface area (Å²) in [4.78, 5) is 16.2. The summed E-state index contributed by atoms with van der Waals surface area (Å²) in [7, 11) is 3.23. The van der Waals surface area contributed by atoms with Crippen LogP contribution in [0.25, 0.3) is 33.5 Å². The molecule has 198 valence electrons. The topological polar surface area (TPSA) is 117 Å². The van der Waals surface area contributed by atoms with Gasteiger partial charge in [0.1, 0.15) is 40.8 Å². The summed E-state index contributed by atoms with van der Waals surface area (Å²) in [5.74, 6) is 2.25. The molecule has 0 bridgehead atoms. The minimum absolute atomic E-state index is 0.0400. The molecular formula is C29H25N3O6S. The maximum atomic E-state index is 11.5. The molecule has 2 aromatic heterocycles. The summed E-state index contributed by atoms with van der Waals surface area (Å²) in [5, 5.41) is 20.5. The van der Waals surface area contributed by atoms with Gasteiger partial charge in [-0.3, -0.25) is 0 Å². The van der Waals surface area contributed by atoms with Gasteiger partial charge in [0.2, 0.25) is 5.16 Å². The molecule has 0 aliphatic heterocycles. The molecule has 0 aliphatic rings. The highest BCUT2D eigenvalue weighted by Crippen LogP contribution is 2.32. The van der Waals surface area contributed by atoms with Crippen LogP contribution in [0.1, 0.15) is 0 Å². The standard InChI is InChI=1S/C29H25N3O6S/c1-35-22-9-4-19(5-10-22)27-28(20-6-11-23(36-2)12-7-20)31-32-29(30-27)39-17-21(33)16-37-24-13-3-18-8-14-26(34)38-25(18)15-24/h3-15,21,33H,16-17H2,1-2H3. The van der Waals surface area contributed by atoms with Gasteiger partial charge in [0, 0.05) is 34.4 Å². The number of aliphatic hydroxyl groups excluding tert-OH is 1. The van der Waals surface area contributed by atoms with Crippen LogP contribution in [0.15, 0.2) is 93.2 Å². The number of aliphatic hydroxyl groups is 1. The van der Waals surface area contributed by atoms with E-state index in [2.05, 4.69) is 10.2 Å². The van der Waals surface area contributed by atoms with E-state index < -0.39 is 11.7 Å². The molecule has 0 spiro atoms. The second-order valence-electron chi connectivity index (χ2n) is 8.48. The first-order valence-corrected chi connectivity index (χ1v) is 13.0. The van der Waals surface area contributed by atoms with Crippen LogP contribution in [0, 0.1) is 0 Å². The molecule has 1 N–H and O–H groups in total. The molecule has 39 heavy (non-hydrogen) atoms. The monoisotopic (exact) mass is 543 g/mol. The summed E-state index contributed by atoms with van der Waals surface area (Å²) < 4.78 is 21.5. The van der Waals surface area contributed by atoms with Crippen LogP contribution in [0.5, 0.6) is 17.2 Å². The predicted molar refractivity (Wildman–Crippen MR) is 149 cm³/mol. The fraction of sp³-hybridized carbons (Fsp3) is 0.172. The number of aromatic nitrogens is 3. The highest BCUT2D eigenvalue weighted by Gasteiger charge is 2.16. The molecule has 0 amide bonds. The quantitative estimate of drug-likeness (QED) is 0.193. The van der Waals surface area contributed by atoms with Crippen molar-refractivity contribution in [2.75, 3.05) is 26.6 Å². The second-order valence-corrected chi connectivity index (χ2v) is 9.47. The molecule has 1 unspecified atom stereocenters. The number of nitrogens with zero attached hydrogens (tertiary/aromatic N) is 3. The van der Waals surface area contributed by atoms with Crippen LogP contribution in [-0.2, 0) is 0 Å². The van der Waals surface area contributed by atoms with Gasteiger partial charge in [-0.1, -0.05) is 11.8 Å². The molecule has 0 saturated heterocycles. The summed E-state index contributed by atoms with van der Waals surface area (Å²) >= 11 is 1.28. The first kappa shape index (κ1) is 26.2. The minimum Gasteiger partial charge on any atom is -0.497 e. The lowest BCUT2D eigenvalue weighted by molar-refractivity contribution is 0.126. The largest absolute Gasteiger partial charge is 0.497 e. The third-order valence-electron chi connectivity index (χ3n) is 5.84. The Kier molecular flexibility index (Phi) is 8.04. The van der Waals surface area contributed by atoms with Crippen molar-refractivity contribution >= 4 is 22.7 Å². The van der Waals surface area contributed by atoms with Crippen LogP contribution in [-0.4, -0.2) is 53.0 Å². The van der Waals surface area contributed by atoms with Gasteiger partial charge in [-0.25, -0.2) is 9.78 Å². The second kappa shape index (κ2) is 12.0. The minimum atomic E-state index is -0.803. The van der Waals surface area contributed by atoms with Crippen molar-refractivity contribution in [1.82, 2.24) is 15.2 Å². The third-order valence-corrected chi connectivity index (χ3v) is 6.82. The molecule has 9 nitrogen and oxygen atoms in total. The summed E-state index contributed by atoms with van der Waals surface area (Å²) in [6.07, 6.45) is -0.803. The van der Waals surface area contributed by atoms with Gasteiger partial charge in [0.05, 0.1) is 20.3 Å². The Morgan fingerprint density at radius 3 is 2.10 bits per heavy atom. The third kappa shape index (κ3) is 6.36. The first-order valence-electron chi connectivity index (χ1n) is 12.0. The van der Waals surface area contributed by atoms with E-state index in [4.69, 9.17) is 23.6 Å². The number of benzene rings is 3. The average molecular weight is 544 g/mol. The van der Waals surface area contributed by atoms with Crippen LogP contribution in [0.3, 0.4) is 0 Å². The summed E-state index contributed by atoms with van der Waals surface area (Å²) in [5.41, 5.74) is 2.97. The molecular weight excluding hydrogens is 518 g/mol. The number of hydrogen-bond acceptors (Lipinski definition) is 10. The Morgan fingerprint density at radius 2 is 1.44 bits per heavy atom. The van der Waals surface area contributed by atoms with Crippen molar-refractivity contribution in [1.29, 1.82) is 0 Å². The molecule has 0 saturated carbocycles. The Morgan fingerprint density at radius 1 is 0.821 bits per heavy atom. The van der Waals surface area contributed by atoms with Gasteiger partial charge in [-0.15, -0.1) is 10.2 Å². The molecule has 5 rings (SSSR count). The Bertz CT molecular complexity index is 1620. The van der Waals surface area contributed by atoms with E-state index in [0.29, 0.717) is 27.9 Å². The van der Waals surface area contributed by atoms with Crippen LogP contribution >= 0.6 is 11.8 Å². The Balaban J connectivity index is 1.30. The Labute approximate surface area is 228 Å². The molecule has 0 aliphatic carbocycles. The normalized spacial score (nSPS) is 11.8. The Hall–Kier alpha value is -4.41. The zero-order valence-electron chi connectivity index (χ0n) is 21.2. The predicted octanol–water partition coefficient (Wildman–Crippen LogP) is 4.86. The van der Waals surface area contributed by atoms with Gasteiger partial charge < -0.3 is 23.7 Å². The van der Waals surface area contributed by atoms with Gasteiger partial charge in [-0.2, -0.15) is 0 Å². The van der Waals surface area contributed by atoms with Crippen molar-refractivity contribution in [2.24, 2.45) is 0 Å². The lowest BCUT2D eigenvalue weighted by Crippen LogP contribution is -2.20. The summed E-state index contributed by atoms with van der Waals surface area (Å²) in [6, 6.07) is 23.3. The van der Waals surface area contributed by atoms with Crippen LogP contribution in [0.4, 0.5) is 0 Å². The van der Waals surface area contributed by atoms with Gasteiger partial charge in [0.25, 0.3) is 0 Å². The van der Waals surface area contributed by atoms with E-state index in [1.54, 1.807) is 38.5 Å². The van der Waals surface area contributed by atoms with E-state index in [9.17, 15) is 9.90 Å². The van der Waals surface area contributed by atoms with Crippen molar-refractivity contribution < 1.29 is 23.7 Å². The zero-order chi connectivity index (χ0) is 27.2. The van der Waals surface area contributed by atoms with Gasteiger partial charge in [0.15, 0.2) is 0 Å². The smallest absolute Gasteiger partial charge is 0.336 e. The molecule has 10 heteroatoms. The molecule has 0 fully saturated rings. The van der Waals surface area contributed by atoms with Crippen LogP contribution < -0.4 is 19.8 Å². The van der Waals surface area contributed by atoms with E-state index in [1.165, 1.54) is 17.8 Å². The number of thioether (sulfide) groups is 1. The number of ether oxygens (including phenoxy) is 3. The SMILES string of the molecule is COc1ccc(-c2nnc(SCC(O)COc3ccc4ccc(=O)oc4c3)nc2-c2ccc(OC)cc2)cc1. The van der Waals surface area contributed by atoms with Crippen molar-refractivity contribution in [3.63, 3.8) is 0 Å². The van der Waals surface area contributed by atoms with E-state index >= 15 is 0 Å². The molecule has 3 aromatic carbocycles. The van der Waals surface area contributed by atoms with Gasteiger partial charge >= 0.3 is 5.63 Å². The van der Waals surface area contributed by atoms with Gasteiger partial charge in [-0.05, 0) is 66.7 Å². The maximum absolute atomic E-state index is 11.5. The molecule has 2 heterocycles. The van der Waals surface area contributed by atoms with Crippen molar-refractivity contribution in [3.05, 3.63) is 89.3 Å². The number of rotatable bonds is 10. The van der Waals surface area contributed by atoms with E-state index in [-0.39, 0.29) is 12.4 Å². The average Bonchev–Trinajstić information content (AvgIpc) is 2.98. The van der Waals surface area contributed by atoms with Crippen molar-refractivity contribution in [2.45, 2.75) is 11.3 Å². The van der Waals surface area contributed by atoms with E-state index in [1.807, 2.05) is 48.5 Å². The lowest BCUT2D eigenvalue weighted by Gasteiger charge is -2.13. The highest BCUT2D eigenvalue weighted by atomic mass is 32.2. The number of hydrogen-bond donors (Lipinski definition) is 1. The van der Waals surface area contributed by atoms with E-state index in [0.717, 1.165) is 28.0 Å². The number of fused-ring (bicyclic) bond motifs is 1. The maximum Gasteiger partial charge on any atom is 0.336 e. The van der Waals surface area contributed by atoms with Crippen LogP contribution in [0.2, 0.25) is 0 Å². The molecule has 1 atom stereocenters. The fourth-order valence-corrected chi connectivity index (χ4v) is 4.50. The molecule has 0 radical (unpaired) electrons. The zero-order valence-corrected chi connectivity index (χ0v) is 22.1. The van der Waals surface area contributed by atoms with Crippen molar-refractivity contribution in [3.8, 4) is 39.8 Å². The molecule has 5 aromatic rings. The fourth-order valence-electron chi connectivity index (χ4n) is 3.81. The first-order chi connectivity index (χ1) is 19.0. The lowest BCUT2D eigenvalue weighted by atomic mass is 10.0.